The molecule has 1 unspecified atom stereocenters. The monoisotopic (exact) mass is 551 g/mol. The van der Waals surface area contributed by atoms with Crippen molar-refractivity contribution in [3.63, 3.8) is 0 Å². The normalized spacial score (nSPS) is 12.4. The van der Waals surface area contributed by atoms with Crippen molar-refractivity contribution in [3.8, 4) is 6.07 Å². The van der Waals surface area contributed by atoms with E-state index in [0.717, 1.165) is 5.69 Å². The Morgan fingerprint density at radius 1 is 1.08 bits per heavy atom. The number of para-hydroxylation sites is 1. The molecule has 0 bridgehead atoms. The van der Waals surface area contributed by atoms with Crippen LogP contribution in [-0.4, -0.2) is 73.7 Å². The van der Waals surface area contributed by atoms with Gasteiger partial charge in [0.1, 0.15) is 17.6 Å². The van der Waals surface area contributed by atoms with Gasteiger partial charge in [0.2, 0.25) is 0 Å². The van der Waals surface area contributed by atoms with Crippen molar-refractivity contribution < 1.29 is 18.6 Å². The minimum absolute atomic E-state index is 0.0369. The van der Waals surface area contributed by atoms with Gasteiger partial charge in [0.15, 0.2) is 15.7 Å². The van der Waals surface area contributed by atoms with Gasteiger partial charge in [0.05, 0.1) is 34.6 Å². The smallest absolute Gasteiger partial charge is 0.179 e. The van der Waals surface area contributed by atoms with Crippen LogP contribution in [0.15, 0.2) is 69.7 Å². The van der Waals surface area contributed by atoms with Crippen LogP contribution in [0.5, 0.6) is 0 Å². The first-order valence-electron chi connectivity index (χ1n) is 12.4. The lowest BCUT2D eigenvalue weighted by Gasteiger charge is -2.16. The zero-order chi connectivity index (χ0) is 28.4. The zero-order valence-corrected chi connectivity index (χ0v) is 23.0. The summed E-state index contributed by atoms with van der Waals surface area (Å²) in [5, 5.41) is 43.4. The van der Waals surface area contributed by atoms with Crippen LogP contribution in [0, 0.1) is 18.3 Å². The minimum Gasteiger partial charge on any atom is -0.395 e. The largest absolute Gasteiger partial charge is 0.395 e. The number of anilines is 3. The second-order valence-corrected chi connectivity index (χ2v) is 11.1. The Hall–Kier alpha value is -3.89. The molecule has 0 aliphatic heterocycles. The van der Waals surface area contributed by atoms with Crippen molar-refractivity contribution in [2.75, 3.05) is 49.7 Å². The molecule has 0 amide bonds. The van der Waals surface area contributed by atoms with Crippen LogP contribution in [-0.2, 0) is 9.84 Å². The van der Waals surface area contributed by atoms with Crippen LogP contribution in [0.4, 0.5) is 28.7 Å². The van der Waals surface area contributed by atoms with Crippen molar-refractivity contribution >= 4 is 38.5 Å². The Labute approximate surface area is 228 Å². The first-order valence-corrected chi connectivity index (χ1v) is 14.0. The van der Waals surface area contributed by atoms with E-state index in [0.29, 0.717) is 41.7 Å². The number of nitriles is 1. The van der Waals surface area contributed by atoms with Crippen molar-refractivity contribution in [1.82, 2.24) is 9.88 Å². The Morgan fingerprint density at radius 3 is 2.38 bits per heavy atom. The highest BCUT2D eigenvalue weighted by molar-refractivity contribution is 7.91. The third-order valence-corrected chi connectivity index (χ3v) is 7.52. The maximum Gasteiger partial charge on any atom is 0.179 e. The molecule has 0 spiro atoms. The van der Waals surface area contributed by atoms with Gasteiger partial charge in [-0.3, -0.25) is 0 Å². The maximum atomic E-state index is 12.7. The number of rotatable bonds is 13. The SMILES string of the molecule is Cc1c(C#N)c(NCC(C)O)nc(Nc2ccccc2)c1/N=N/c1ccc(S(=O)(=O)CCN(C)CCO)cc1. The summed E-state index contributed by atoms with van der Waals surface area (Å²) in [4.78, 5) is 6.49. The average Bonchev–Trinajstić information content (AvgIpc) is 2.91. The second kappa shape index (κ2) is 13.8. The number of hydrogen-bond donors (Lipinski definition) is 4. The lowest BCUT2D eigenvalue weighted by molar-refractivity contribution is 0.208. The Kier molecular flexibility index (Phi) is 10.5. The average molecular weight is 552 g/mol. The van der Waals surface area contributed by atoms with Gasteiger partial charge in [0, 0.05) is 30.9 Å². The summed E-state index contributed by atoms with van der Waals surface area (Å²) in [5.41, 5.74) is 2.34. The van der Waals surface area contributed by atoms with Crippen molar-refractivity contribution in [2.45, 2.75) is 24.8 Å². The number of nitrogens with zero attached hydrogens (tertiary/aromatic N) is 5. The summed E-state index contributed by atoms with van der Waals surface area (Å²) in [6, 6.07) is 17.6. The second-order valence-electron chi connectivity index (χ2n) is 9.03. The molecule has 39 heavy (non-hydrogen) atoms. The molecule has 0 radical (unpaired) electrons. The van der Waals surface area contributed by atoms with E-state index >= 15 is 0 Å². The quantitative estimate of drug-likeness (QED) is 0.231. The molecule has 0 aliphatic carbocycles. The topological polar surface area (TPSA) is 163 Å². The first kappa shape index (κ1) is 29.7. The molecule has 12 heteroatoms. The number of sulfone groups is 1. The number of benzene rings is 2. The van der Waals surface area contributed by atoms with Gasteiger partial charge in [-0.25, -0.2) is 13.4 Å². The van der Waals surface area contributed by atoms with Crippen LogP contribution in [0.25, 0.3) is 0 Å². The number of pyridine rings is 1. The molecule has 3 aromatic rings. The highest BCUT2D eigenvalue weighted by Crippen LogP contribution is 2.36. The summed E-state index contributed by atoms with van der Waals surface area (Å²) in [5.74, 6) is 0.601. The first-order chi connectivity index (χ1) is 18.6. The highest BCUT2D eigenvalue weighted by atomic mass is 32.2. The predicted molar refractivity (Wildman–Crippen MR) is 151 cm³/mol. The van der Waals surface area contributed by atoms with E-state index in [-0.39, 0.29) is 29.4 Å². The van der Waals surface area contributed by atoms with Gasteiger partial charge in [0.25, 0.3) is 0 Å². The Balaban J connectivity index is 1.91. The molecular weight excluding hydrogens is 518 g/mol. The minimum atomic E-state index is -3.51. The molecule has 1 atom stereocenters. The third-order valence-electron chi connectivity index (χ3n) is 5.81. The Bertz CT molecular complexity index is 1420. The summed E-state index contributed by atoms with van der Waals surface area (Å²) in [7, 11) is -1.76. The number of aliphatic hydroxyl groups is 2. The molecular formula is C27H33N7O4S. The number of nitrogens with one attached hydrogen (secondary N) is 2. The standard InChI is InChI=1S/C27H33N7O4S/c1-19(36)18-29-26-24(17-28)20(2)25(27(31-26)30-21-7-5-4-6-8-21)33-32-22-9-11-23(12-10-22)39(37,38)16-14-34(3)13-15-35/h4-12,19,35-36H,13-16,18H2,1-3H3,(H2,29,30,31)/b33-32+. The van der Waals surface area contributed by atoms with Gasteiger partial charge in [-0.1, -0.05) is 18.2 Å². The van der Waals surface area contributed by atoms with Gasteiger partial charge in [-0.15, -0.1) is 5.11 Å². The summed E-state index contributed by atoms with van der Waals surface area (Å²) in [6.07, 6.45) is -0.642. The van der Waals surface area contributed by atoms with E-state index in [9.17, 15) is 18.8 Å². The third kappa shape index (κ3) is 8.30. The number of aromatic nitrogens is 1. The van der Waals surface area contributed by atoms with Crippen molar-refractivity contribution in [1.29, 1.82) is 5.26 Å². The van der Waals surface area contributed by atoms with Crippen LogP contribution in [0.2, 0.25) is 0 Å². The molecule has 4 N–H and O–H groups in total. The molecule has 1 aromatic heterocycles. The fourth-order valence-electron chi connectivity index (χ4n) is 3.58. The molecule has 0 fully saturated rings. The fourth-order valence-corrected chi connectivity index (χ4v) is 4.91. The number of aliphatic hydroxyl groups excluding tert-OH is 2. The lowest BCUT2D eigenvalue weighted by Crippen LogP contribution is -2.28. The summed E-state index contributed by atoms with van der Waals surface area (Å²) in [6.45, 7) is 4.24. The molecule has 11 nitrogen and oxygen atoms in total. The molecule has 2 aromatic carbocycles. The van der Waals surface area contributed by atoms with Gasteiger partial charge >= 0.3 is 0 Å². The molecule has 0 aliphatic rings. The summed E-state index contributed by atoms with van der Waals surface area (Å²) >= 11 is 0. The Morgan fingerprint density at radius 2 is 1.77 bits per heavy atom. The molecule has 0 saturated heterocycles. The fraction of sp³-hybridized carbons (Fsp3) is 0.333. The van der Waals surface area contributed by atoms with E-state index < -0.39 is 15.9 Å². The zero-order valence-electron chi connectivity index (χ0n) is 22.2. The molecule has 206 valence electrons. The molecule has 1 heterocycles. The van der Waals surface area contributed by atoms with Crippen LogP contribution < -0.4 is 10.6 Å². The number of likely N-dealkylation sites (N-methyl/N-ethyl adjacent to an activating group) is 1. The van der Waals surface area contributed by atoms with E-state index in [1.165, 1.54) is 12.1 Å². The predicted octanol–water partition coefficient (Wildman–Crippen LogP) is 3.91. The lowest BCUT2D eigenvalue weighted by atomic mass is 10.1. The van der Waals surface area contributed by atoms with Gasteiger partial charge in [-0.2, -0.15) is 10.4 Å². The van der Waals surface area contributed by atoms with E-state index in [4.69, 9.17) is 5.11 Å². The van der Waals surface area contributed by atoms with Gasteiger partial charge in [-0.05, 0) is 57.3 Å². The maximum absolute atomic E-state index is 12.7. The molecule has 0 saturated carbocycles. The number of azo groups is 1. The summed E-state index contributed by atoms with van der Waals surface area (Å²) < 4.78 is 25.4. The van der Waals surface area contributed by atoms with Crippen molar-refractivity contribution in [3.05, 3.63) is 65.7 Å². The van der Waals surface area contributed by atoms with Crippen LogP contribution in [0.1, 0.15) is 18.1 Å². The van der Waals surface area contributed by atoms with Crippen LogP contribution in [0.3, 0.4) is 0 Å². The van der Waals surface area contributed by atoms with E-state index in [2.05, 4.69) is 31.9 Å². The van der Waals surface area contributed by atoms with E-state index in [1.807, 2.05) is 30.3 Å². The van der Waals surface area contributed by atoms with Crippen LogP contribution >= 0.6 is 0 Å². The van der Waals surface area contributed by atoms with E-state index in [1.54, 1.807) is 37.9 Å². The molecule has 3 rings (SSSR count). The van der Waals surface area contributed by atoms with Gasteiger partial charge < -0.3 is 25.7 Å². The number of hydrogen-bond acceptors (Lipinski definition) is 11. The van der Waals surface area contributed by atoms with Crippen molar-refractivity contribution in [2.24, 2.45) is 10.2 Å². The highest BCUT2D eigenvalue weighted by Gasteiger charge is 2.19.